The maximum atomic E-state index is 6.45. The fourth-order valence-electron chi connectivity index (χ4n) is 7.49. The molecule has 0 saturated heterocycles. The smallest absolute Gasteiger partial charge is 0.178 e. The number of aromatic nitrogens is 5. The van der Waals surface area contributed by atoms with Gasteiger partial charge in [0.25, 0.3) is 0 Å². The van der Waals surface area contributed by atoms with Gasteiger partial charge in [-0.2, -0.15) is 0 Å². The van der Waals surface area contributed by atoms with E-state index < -0.39 is 0 Å². The minimum Gasteiger partial charge on any atom is -0.501 e. The van der Waals surface area contributed by atoms with Gasteiger partial charge in [-0.15, -0.1) is 64.3 Å². The van der Waals surface area contributed by atoms with Crippen molar-refractivity contribution in [3.8, 4) is 39.5 Å². The maximum absolute atomic E-state index is 6.45. The van der Waals surface area contributed by atoms with E-state index in [0.29, 0.717) is 11.8 Å². The second-order valence-electron chi connectivity index (χ2n) is 14.5. The number of furan rings is 1. The minimum absolute atomic E-state index is 0. The van der Waals surface area contributed by atoms with Gasteiger partial charge in [-0.1, -0.05) is 130 Å². The second kappa shape index (κ2) is 16.1. The molecule has 10 aromatic rings. The minimum atomic E-state index is 0. The molecule has 0 saturated carbocycles. The first kappa shape index (κ1) is 37.6. The molecule has 0 spiro atoms. The van der Waals surface area contributed by atoms with Crippen molar-refractivity contribution >= 4 is 44.0 Å². The number of para-hydroxylation sites is 2. The molecule has 10 rings (SSSR count). The summed E-state index contributed by atoms with van der Waals surface area (Å²) in [6.07, 6.45) is 1.85. The Morgan fingerprint density at radius 1 is 0.614 bits per heavy atom. The fraction of sp³-hybridized carbons (Fsp3) is 0.120. The Hall–Kier alpha value is -6.27. The van der Waals surface area contributed by atoms with Crippen molar-refractivity contribution in [2.75, 3.05) is 0 Å². The Labute approximate surface area is 345 Å². The zero-order valence-corrected chi connectivity index (χ0v) is 34.5. The predicted molar refractivity (Wildman–Crippen MR) is 228 cm³/mol. The molecule has 0 aliphatic rings. The van der Waals surface area contributed by atoms with Crippen LogP contribution in [0.3, 0.4) is 0 Å². The third-order valence-electron chi connectivity index (χ3n) is 10.2. The van der Waals surface area contributed by atoms with E-state index in [4.69, 9.17) is 14.5 Å². The molecule has 0 fully saturated rings. The first-order valence-electron chi connectivity index (χ1n) is 19.0. The van der Waals surface area contributed by atoms with Gasteiger partial charge >= 0.3 is 0 Å². The normalized spacial score (nSPS) is 11.3. The van der Waals surface area contributed by atoms with Crippen molar-refractivity contribution in [1.29, 1.82) is 0 Å². The Morgan fingerprint density at radius 2 is 1.33 bits per heavy atom. The molecule has 281 valence electrons. The van der Waals surface area contributed by atoms with E-state index in [1.807, 2.05) is 97.2 Å². The van der Waals surface area contributed by atoms with Crippen LogP contribution in [0.2, 0.25) is 0 Å². The number of rotatable bonds is 6. The summed E-state index contributed by atoms with van der Waals surface area (Å²) in [5.74, 6) is 1.35. The van der Waals surface area contributed by atoms with Gasteiger partial charge in [-0.05, 0) is 58.0 Å². The van der Waals surface area contributed by atoms with Crippen LogP contribution in [-0.2, 0) is 20.1 Å². The van der Waals surface area contributed by atoms with Gasteiger partial charge in [0.15, 0.2) is 5.65 Å². The first-order chi connectivity index (χ1) is 27.5. The summed E-state index contributed by atoms with van der Waals surface area (Å²) < 4.78 is 8.64. The molecule has 6 aromatic carbocycles. The molecule has 0 atom stereocenters. The molecule has 4 aromatic heterocycles. The van der Waals surface area contributed by atoms with Gasteiger partial charge in [0.2, 0.25) is 0 Å². The Morgan fingerprint density at radius 3 is 2.09 bits per heavy atom. The largest absolute Gasteiger partial charge is 0.501 e. The number of hydrogen-bond acceptors (Lipinski definition) is 5. The van der Waals surface area contributed by atoms with E-state index in [0.717, 1.165) is 72.3 Å². The number of nitrogens with zero attached hydrogens (tertiary/aromatic N) is 5. The van der Waals surface area contributed by atoms with Crippen LogP contribution in [-0.4, -0.2) is 24.7 Å². The molecule has 1 radical (unpaired) electrons. The summed E-state index contributed by atoms with van der Waals surface area (Å²) >= 11 is 0. The van der Waals surface area contributed by atoms with Crippen LogP contribution in [0.15, 0.2) is 156 Å². The van der Waals surface area contributed by atoms with E-state index in [-0.39, 0.29) is 20.1 Å². The van der Waals surface area contributed by atoms with Crippen molar-refractivity contribution in [1.82, 2.24) is 24.7 Å². The van der Waals surface area contributed by atoms with E-state index in [1.54, 1.807) is 0 Å². The van der Waals surface area contributed by atoms with Crippen LogP contribution in [0.5, 0.6) is 0 Å². The molecule has 4 heterocycles. The summed E-state index contributed by atoms with van der Waals surface area (Å²) in [5.41, 5.74) is 12.8. The molecule has 0 amide bonds. The summed E-state index contributed by atoms with van der Waals surface area (Å²) in [4.78, 5) is 9.68. The zero-order valence-electron chi connectivity index (χ0n) is 32.1. The van der Waals surface area contributed by atoms with Crippen molar-refractivity contribution < 1.29 is 24.5 Å². The molecular formula is C50H39IrN5O-2. The van der Waals surface area contributed by atoms with Crippen molar-refractivity contribution in [3.05, 3.63) is 175 Å². The van der Waals surface area contributed by atoms with Crippen molar-refractivity contribution in [2.24, 2.45) is 0 Å². The van der Waals surface area contributed by atoms with Crippen molar-refractivity contribution in [2.45, 2.75) is 39.5 Å². The third kappa shape index (κ3) is 7.05. The molecule has 7 heteroatoms. The van der Waals surface area contributed by atoms with Gasteiger partial charge in [0.1, 0.15) is 11.1 Å². The SMILES string of the molecule is CC(C)c1cccc(C(C)C)c1-n1c(-c2[c-]ccc3c2oc2ccccc23)nc2c3ccccc3nnc21.[Ir].[c-]1ccccc1-c1cc(-c2ccccc2)ccn1. The van der Waals surface area contributed by atoms with E-state index in [9.17, 15) is 0 Å². The molecule has 0 bridgehead atoms. The quantitative estimate of drug-likeness (QED) is 0.155. The van der Waals surface area contributed by atoms with Crippen LogP contribution in [0.1, 0.15) is 50.7 Å². The molecule has 0 unspecified atom stereocenters. The van der Waals surface area contributed by atoms with Crippen LogP contribution in [0, 0.1) is 12.1 Å². The summed E-state index contributed by atoms with van der Waals surface area (Å²) in [7, 11) is 0. The first-order valence-corrected chi connectivity index (χ1v) is 19.0. The molecule has 57 heavy (non-hydrogen) atoms. The van der Waals surface area contributed by atoms with Crippen LogP contribution in [0.4, 0.5) is 0 Å². The second-order valence-corrected chi connectivity index (χ2v) is 14.5. The number of benzene rings is 6. The number of hydrogen-bond donors (Lipinski definition) is 0. The topological polar surface area (TPSA) is 69.6 Å². The van der Waals surface area contributed by atoms with E-state index in [2.05, 4.69) is 109 Å². The summed E-state index contributed by atoms with van der Waals surface area (Å²) in [5, 5.41) is 12.5. The van der Waals surface area contributed by atoms with Gasteiger partial charge in [-0.3, -0.25) is 4.98 Å². The van der Waals surface area contributed by atoms with E-state index in [1.165, 1.54) is 22.3 Å². The van der Waals surface area contributed by atoms with Crippen LogP contribution in [0.25, 0.3) is 83.5 Å². The monoisotopic (exact) mass is 918 g/mol. The van der Waals surface area contributed by atoms with Crippen LogP contribution >= 0.6 is 0 Å². The molecule has 0 aliphatic carbocycles. The Bertz CT molecular complexity index is 2910. The summed E-state index contributed by atoms with van der Waals surface area (Å²) in [6.45, 7) is 8.92. The molecule has 0 aliphatic heterocycles. The van der Waals surface area contributed by atoms with Gasteiger partial charge < -0.3 is 14.0 Å². The maximum Gasteiger partial charge on any atom is 0.178 e. The Balaban J connectivity index is 0.000000201. The predicted octanol–water partition coefficient (Wildman–Crippen LogP) is 12.8. The number of imidazole rings is 1. The van der Waals surface area contributed by atoms with Gasteiger partial charge in [-0.25, -0.2) is 0 Å². The number of pyridine rings is 1. The Kier molecular flexibility index (Phi) is 10.6. The molecular weight excluding hydrogens is 879 g/mol. The van der Waals surface area contributed by atoms with Gasteiger partial charge in [0, 0.05) is 42.8 Å². The zero-order chi connectivity index (χ0) is 38.2. The number of fused-ring (bicyclic) bond motifs is 6. The van der Waals surface area contributed by atoms with Gasteiger partial charge in [0.05, 0.1) is 16.9 Å². The van der Waals surface area contributed by atoms with Crippen molar-refractivity contribution in [3.63, 3.8) is 0 Å². The molecule has 6 nitrogen and oxygen atoms in total. The van der Waals surface area contributed by atoms with E-state index >= 15 is 0 Å². The average molecular weight is 918 g/mol. The summed E-state index contributed by atoms with van der Waals surface area (Å²) in [6, 6.07) is 55.8. The van der Waals surface area contributed by atoms with Crippen LogP contribution < -0.4 is 0 Å². The fourth-order valence-corrected chi connectivity index (χ4v) is 7.49. The average Bonchev–Trinajstić information content (AvgIpc) is 3.83. The molecule has 0 N–H and O–H groups in total. The standard InChI is InChI=1S/C33H27N4O.C17H12N.Ir/c1-19(2)21-13-9-14-22(20(3)4)30(21)37-32(34-29-25-12-5-7-17-27(25)35-36-33(29)37)26-16-10-15-24-23-11-6-8-18-28(23)38-31(24)26;1-3-7-14(8-4-1)16-11-12-18-17(13-16)15-9-5-2-6-10-15;/h5-15,17-20H,1-4H3;1-9,11-13H;/q2*-1;. The third-order valence-corrected chi connectivity index (χ3v) is 10.2.